The normalized spacial score (nSPS) is 11.6. The number of nitrogens with zero attached hydrogens (tertiary/aromatic N) is 2. The number of hydrogen-bond donors (Lipinski definition) is 1. The van der Waals surface area contributed by atoms with Crippen LogP contribution in [0, 0.1) is 0 Å². The first-order valence-corrected chi connectivity index (χ1v) is 6.86. The molecule has 7 heteroatoms. The fraction of sp³-hybridized carbons (Fsp3) is 0.364. The molecule has 0 unspecified atom stereocenters. The Morgan fingerprint density at radius 1 is 1.50 bits per heavy atom. The van der Waals surface area contributed by atoms with Crippen LogP contribution in [0.2, 0.25) is 0 Å². The smallest absolute Gasteiger partial charge is 0.413 e. The summed E-state index contributed by atoms with van der Waals surface area (Å²) in [5.41, 5.74) is 0.0800. The summed E-state index contributed by atoms with van der Waals surface area (Å²) >= 11 is 4.69. The Kier molecular flexibility index (Phi) is 3.54. The maximum Gasteiger partial charge on any atom is 0.413 e. The zero-order valence-corrected chi connectivity index (χ0v) is 12.6. The van der Waals surface area contributed by atoms with Crippen LogP contribution in [0.5, 0.6) is 0 Å². The number of carbonyl (C=O) groups is 1. The predicted molar refractivity (Wildman–Crippen MR) is 75.0 cm³/mol. The first-order chi connectivity index (χ1) is 8.33. The van der Waals surface area contributed by atoms with Crippen LogP contribution >= 0.6 is 27.3 Å². The highest BCUT2D eigenvalue weighted by Gasteiger charge is 2.17. The highest BCUT2D eigenvalue weighted by Crippen LogP contribution is 2.27. The van der Waals surface area contributed by atoms with Crippen LogP contribution in [-0.2, 0) is 4.74 Å². The Hall–Kier alpha value is -1.21. The average Bonchev–Trinajstić information content (AvgIpc) is 2.55. The molecule has 0 saturated carbocycles. The van der Waals surface area contributed by atoms with Crippen molar-refractivity contribution < 1.29 is 9.53 Å². The molecule has 2 aromatic heterocycles. The van der Waals surface area contributed by atoms with Gasteiger partial charge in [-0.25, -0.2) is 9.78 Å². The molecule has 0 radical (unpaired) electrons. The molecule has 0 aliphatic carbocycles. The number of anilines is 1. The SMILES string of the molecule is CC(C)(C)OC(=O)Nc1nc2ncc(Br)cc2s1. The Balaban J connectivity index is 2.15. The number of pyridine rings is 1. The van der Waals surface area contributed by atoms with Gasteiger partial charge in [-0.1, -0.05) is 11.3 Å². The van der Waals surface area contributed by atoms with Crippen LogP contribution in [0.3, 0.4) is 0 Å². The van der Waals surface area contributed by atoms with E-state index in [1.165, 1.54) is 11.3 Å². The molecule has 0 saturated heterocycles. The maximum absolute atomic E-state index is 11.6. The van der Waals surface area contributed by atoms with Gasteiger partial charge in [-0.3, -0.25) is 5.32 Å². The molecule has 96 valence electrons. The third kappa shape index (κ3) is 3.39. The van der Waals surface area contributed by atoms with E-state index in [2.05, 4.69) is 31.2 Å². The summed E-state index contributed by atoms with van der Waals surface area (Å²) in [4.78, 5) is 19.9. The molecule has 0 bridgehead atoms. The van der Waals surface area contributed by atoms with E-state index >= 15 is 0 Å². The first kappa shape index (κ1) is 13.2. The molecule has 2 rings (SSSR count). The topological polar surface area (TPSA) is 64.1 Å². The van der Waals surface area contributed by atoms with Gasteiger partial charge in [-0.15, -0.1) is 0 Å². The Morgan fingerprint density at radius 2 is 2.22 bits per heavy atom. The van der Waals surface area contributed by atoms with Crippen molar-refractivity contribution >= 4 is 48.8 Å². The molecule has 1 N–H and O–H groups in total. The summed E-state index contributed by atoms with van der Waals surface area (Å²) in [6.07, 6.45) is 1.15. The zero-order chi connectivity index (χ0) is 13.3. The summed E-state index contributed by atoms with van der Waals surface area (Å²) in [5, 5.41) is 3.08. The van der Waals surface area contributed by atoms with E-state index in [-0.39, 0.29) is 0 Å². The van der Waals surface area contributed by atoms with Crippen molar-refractivity contribution in [1.29, 1.82) is 0 Å². The van der Waals surface area contributed by atoms with Crippen LogP contribution in [0.25, 0.3) is 10.3 Å². The fourth-order valence-corrected chi connectivity index (χ4v) is 2.57. The molecule has 1 amide bonds. The van der Waals surface area contributed by atoms with Gasteiger partial charge >= 0.3 is 6.09 Å². The molecular formula is C11H12BrN3O2S. The van der Waals surface area contributed by atoms with Gasteiger partial charge < -0.3 is 4.74 Å². The number of amides is 1. The van der Waals surface area contributed by atoms with E-state index in [4.69, 9.17) is 4.74 Å². The third-order valence-corrected chi connectivity index (χ3v) is 3.16. The lowest BCUT2D eigenvalue weighted by molar-refractivity contribution is 0.0636. The zero-order valence-electron chi connectivity index (χ0n) is 10.2. The molecular weight excluding hydrogens is 318 g/mol. The predicted octanol–water partition coefficient (Wildman–Crippen LogP) is 3.80. The van der Waals surface area contributed by atoms with E-state index in [9.17, 15) is 4.79 Å². The molecule has 0 aromatic carbocycles. The van der Waals surface area contributed by atoms with Crippen molar-refractivity contribution in [3.8, 4) is 0 Å². The van der Waals surface area contributed by atoms with Crippen molar-refractivity contribution in [2.24, 2.45) is 0 Å². The molecule has 0 fully saturated rings. The molecule has 0 aliphatic rings. The minimum atomic E-state index is -0.526. The number of hydrogen-bond acceptors (Lipinski definition) is 5. The second-order valence-electron chi connectivity index (χ2n) is 4.62. The van der Waals surface area contributed by atoms with E-state index in [1.807, 2.05) is 26.8 Å². The molecule has 0 spiro atoms. The van der Waals surface area contributed by atoms with Gasteiger partial charge in [-0.05, 0) is 42.8 Å². The summed E-state index contributed by atoms with van der Waals surface area (Å²) < 4.78 is 6.92. The van der Waals surface area contributed by atoms with Gasteiger partial charge in [0.2, 0.25) is 0 Å². The van der Waals surface area contributed by atoms with Crippen molar-refractivity contribution in [3.05, 3.63) is 16.7 Å². The lowest BCUT2D eigenvalue weighted by atomic mass is 10.2. The number of aromatic nitrogens is 2. The lowest BCUT2D eigenvalue weighted by Gasteiger charge is -2.18. The highest BCUT2D eigenvalue weighted by atomic mass is 79.9. The number of carbonyl (C=O) groups excluding carboxylic acids is 1. The number of ether oxygens (including phenoxy) is 1. The number of rotatable bonds is 1. The van der Waals surface area contributed by atoms with E-state index in [1.54, 1.807) is 6.20 Å². The monoisotopic (exact) mass is 329 g/mol. The quantitative estimate of drug-likeness (QED) is 0.864. The largest absolute Gasteiger partial charge is 0.444 e. The van der Waals surface area contributed by atoms with Crippen molar-refractivity contribution in [3.63, 3.8) is 0 Å². The Bertz CT molecular complexity index is 591. The summed E-state index contributed by atoms with van der Waals surface area (Å²) in [5.74, 6) is 0. The molecule has 2 heterocycles. The van der Waals surface area contributed by atoms with Crippen LogP contribution in [0.15, 0.2) is 16.7 Å². The van der Waals surface area contributed by atoms with Gasteiger partial charge in [0.15, 0.2) is 10.8 Å². The van der Waals surface area contributed by atoms with Crippen LogP contribution in [0.1, 0.15) is 20.8 Å². The number of nitrogens with one attached hydrogen (secondary N) is 1. The lowest BCUT2D eigenvalue weighted by Crippen LogP contribution is -2.27. The third-order valence-electron chi connectivity index (χ3n) is 1.82. The standard InChI is InChI=1S/C11H12BrN3O2S/c1-11(2,3)17-10(16)15-9-14-8-7(18-9)4-6(12)5-13-8/h4-5H,1-3H3,(H,13,14,15,16). The molecule has 0 aliphatic heterocycles. The van der Waals surface area contributed by atoms with Gasteiger partial charge in [0.1, 0.15) is 5.60 Å². The van der Waals surface area contributed by atoms with Crippen LogP contribution < -0.4 is 5.32 Å². The maximum atomic E-state index is 11.6. The van der Waals surface area contributed by atoms with E-state index in [0.29, 0.717) is 10.8 Å². The van der Waals surface area contributed by atoms with Gasteiger partial charge in [0.25, 0.3) is 0 Å². The fourth-order valence-electron chi connectivity index (χ4n) is 1.24. The van der Waals surface area contributed by atoms with E-state index < -0.39 is 11.7 Å². The summed E-state index contributed by atoms with van der Waals surface area (Å²) in [6, 6.07) is 1.90. The van der Waals surface area contributed by atoms with Crippen molar-refractivity contribution in [2.75, 3.05) is 5.32 Å². The minimum absolute atomic E-state index is 0.477. The number of thiazole rings is 1. The second-order valence-corrected chi connectivity index (χ2v) is 6.57. The average molecular weight is 330 g/mol. The molecule has 5 nitrogen and oxygen atoms in total. The Labute approximate surface area is 117 Å². The van der Waals surface area contributed by atoms with Gasteiger partial charge in [0, 0.05) is 10.7 Å². The second kappa shape index (κ2) is 4.81. The molecule has 2 aromatic rings. The minimum Gasteiger partial charge on any atom is -0.444 e. The van der Waals surface area contributed by atoms with Gasteiger partial charge in [0.05, 0.1) is 4.70 Å². The Morgan fingerprint density at radius 3 is 2.89 bits per heavy atom. The number of fused-ring (bicyclic) bond motifs is 1. The molecule has 18 heavy (non-hydrogen) atoms. The van der Waals surface area contributed by atoms with Crippen molar-refractivity contribution in [1.82, 2.24) is 9.97 Å². The van der Waals surface area contributed by atoms with Gasteiger partial charge in [-0.2, -0.15) is 4.98 Å². The first-order valence-electron chi connectivity index (χ1n) is 5.25. The van der Waals surface area contributed by atoms with E-state index in [0.717, 1.165) is 9.17 Å². The van der Waals surface area contributed by atoms with Crippen molar-refractivity contribution in [2.45, 2.75) is 26.4 Å². The molecule has 0 atom stereocenters. The number of halogens is 1. The summed E-state index contributed by atoms with van der Waals surface area (Å²) in [6.45, 7) is 5.43. The summed E-state index contributed by atoms with van der Waals surface area (Å²) in [7, 11) is 0. The van der Waals surface area contributed by atoms with Crippen LogP contribution in [-0.4, -0.2) is 21.7 Å². The highest BCUT2D eigenvalue weighted by molar-refractivity contribution is 9.10. The van der Waals surface area contributed by atoms with Crippen LogP contribution in [0.4, 0.5) is 9.93 Å².